The van der Waals surface area contributed by atoms with E-state index in [0.29, 0.717) is 0 Å². The van der Waals surface area contributed by atoms with Crippen LogP contribution in [-0.4, -0.2) is 59.9 Å². The Morgan fingerprint density at radius 3 is 2.06 bits per heavy atom. The van der Waals surface area contributed by atoms with E-state index in [4.69, 9.17) is 9.84 Å². The molecule has 7 nitrogen and oxygen atoms in total. The van der Waals surface area contributed by atoms with Crippen molar-refractivity contribution in [1.29, 1.82) is 0 Å². The second-order valence-electron chi connectivity index (χ2n) is 9.28. The Hall–Kier alpha value is -3.56. The molecule has 3 aliphatic rings. The first-order chi connectivity index (χ1) is 16.6. The Kier molecular flexibility index (Phi) is 5.69. The Morgan fingerprint density at radius 1 is 1.00 bits per heavy atom. The number of piperidine rings is 1. The van der Waals surface area contributed by atoms with Crippen molar-refractivity contribution in [1.82, 2.24) is 10.2 Å². The fraction of sp³-hybridized carbons (Fsp3) is 0.400. The lowest BCUT2D eigenvalue weighted by atomic mass is 9.98. The highest BCUT2D eigenvalue weighted by molar-refractivity contribution is 5.87. The molecule has 2 amide bonds. The van der Waals surface area contributed by atoms with Crippen molar-refractivity contribution in [3.8, 4) is 11.1 Å². The van der Waals surface area contributed by atoms with Gasteiger partial charge in [-0.2, -0.15) is 13.2 Å². The molecule has 10 heteroatoms. The topological polar surface area (TPSA) is 95.9 Å². The van der Waals surface area contributed by atoms with Crippen LogP contribution in [0.25, 0.3) is 11.1 Å². The molecule has 3 atom stereocenters. The summed E-state index contributed by atoms with van der Waals surface area (Å²) in [6.45, 7) is 0.0450. The summed E-state index contributed by atoms with van der Waals surface area (Å²) in [4.78, 5) is 37.6. The van der Waals surface area contributed by atoms with Gasteiger partial charge in [-0.3, -0.25) is 9.59 Å². The smallest absolute Gasteiger partial charge is 0.407 e. The molecular formula is C25H23F3N2O5. The van der Waals surface area contributed by atoms with Crippen LogP contribution in [0.5, 0.6) is 0 Å². The van der Waals surface area contributed by atoms with E-state index in [1.807, 2.05) is 48.5 Å². The van der Waals surface area contributed by atoms with Crippen molar-refractivity contribution in [3.63, 3.8) is 0 Å². The lowest BCUT2D eigenvalue weighted by Crippen LogP contribution is -2.50. The molecule has 0 radical (unpaired) electrons. The number of amides is 2. The summed E-state index contributed by atoms with van der Waals surface area (Å²) in [6, 6.07) is 13.5. The number of likely N-dealkylation sites (tertiary alicyclic amines) is 1. The number of carbonyl (C=O) groups excluding carboxylic acids is 2. The SMILES string of the molecule is O=C(NC(CC(F)(F)F)C(=O)N1CC2C(C1)C2C(=O)O)OCC1c2ccccc2-c2ccccc21. The number of alkyl halides is 3. The number of hydrogen-bond acceptors (Lipinski definition) is 4. The maximum absolute atomic E-state index is 13.2. The minimum absolute atomic E-state index is 0.0706. The molecule has 2 aliphatic carbocycles. The van der Waals surface area contributed by atoms with Gasteiger partial charge in [-0.05, 0) is 34.1 Å². The predicted molar refractivity (Wildman–Crippen MR) is 117 cm³/mol. The lowest BCUT2D eigenvalue weighted by molar-refractivity contribution is -0.154. The predicted octanol–water partition coefficient (Wildman–Crippen LogP) is 3.64. The summed E-state index contributed by atoms with van der Waals surface area (Å²) in [6.07, 6.45) is -7.34. The van der Waals surface area contributed by atoms with Crippen molar-refractivity contribution in [3.05, 3.63) is 59.7 Å². The van der Waals surface area contributed by atoms with E-state index < -0.39 is 42.5 Å². The molecule has 2 fully saturated rings. The summed E-state index contributed by atoms with van der Waals surface area (Å²) in [5.74, 6) is -3.18. The van der Waals surface area contributed by atoms with E-state index in [1.165, 1.54) is 4.90 Å². The van der Waals surface area contributed by atoms with Gasteiger partial charge in [0.15, 0.2) is 0 Å². The minimum atomic E-state index is -4.69. The number of alkyl carbamates (subject to hydrolysis) is 1. The quantitative estimate of drug-likeness (QED) is 0.648. The maximum Gasteiger partial charge on any atom is 0.407 e. The number of aliphatic carboxylic acids is 1. The van der Waals surface area contributed by atoms with Crippen molar-refractivity contribution in [2.45, 2.75) is 24.6 Å². The zero-order valence-electron chi connectivity index (χ0n) is 18.5. The van der Waals surface area contributed by atoms with Crippen LogP contribution in [0.1, 0.15) is 23.5 Å². The van der Waals surface area contributed by atoms with Gasteiger partial charge in [-0.25, -0.2) is 4.79 Å². The van der Waals surface area contributed by atoms with Gasteiger partial charge in [0.2, 0.25) is 5.91 Å². The summed E-state index contributed by atoms with van der Waals surface area (Å²) >= 11 is 0. The second-order valence-corrected chi connectivity index (χ2v) is 9.28. The van der Waals surface area contributed by atoms with Crippen molar-refractivity contribution >= 4 is 18.0 Å². The van der Waals surface area contributed by atoms with Crippen LogP contribution < -0.4 is 5.32 Å². The molecule has 1 saturated heterocycles. The molecule has 5 rings (SSSR count). The summed E-state index contributed by atoms with van der Waals surface area (Å²) in [7, 11) is 0. The summed E-state index contributed by atoms with van der Waals surface area (Å²) in [5, 5.41) is 11.2. The van der Waals surface area contributed by atoms with E-state index in [9.17, 15) is 27.6 Å². The number of halogens is 3. The number of carboxylic acids is 1. The molecule has 1 heterocycles. The highest BCUT2D eigenvalue weighted by Crippen LogP contribution is 2.52. The molecule has 0 bridgehead atoms. The zero-order chi connectivity index (χ0) is 24.9. The number of hydrogen-bond donors (Lipinski definition) is 2. The first-order valence-corrected chi connectivity index (χ1v) is 11.3. The molecule has 35 heavy (non-hydrogen) atoms. The van der Waals surface area contributed by atoms with Gasteiger partial charge in [-0.15, -0.1) is 0 Å². The van der Waals surface area contributed by atoms with Gasteiger partial charge >= 0.3 is 18.2 Å². The molecular weight excluding hydrogens is 465 g/mol. The molecule has 3 unspecified atom stereocenters. The molecule has 2 aromatic carbocycles. The van der Waals surface area contributed by atoms with Crippen LogP contribution in [0.2, 0.25) is 0 Å². The lowest BCUT2D eigenvalue weighted by Gasteiger charge is -2.26. The monoisotopic (exact) mass is 488 g/mol. The number of carboxylic acid groups (broad SMARTS) is 1. The Bertz CT molecular complexity index is 1130. The van der Waals surface area contributed by atoms with Gasteiger partial charge in [0, 0.05) is 19.0 Å². The molecule has 0 spiro atoms. The van der Waals surface area contributed by atoms with E-state index >= 15 is 0 Å². The number of fused-ring (bicyclic) bond motifs is 4. The fourth-order valence-electron chi connectivity index (χ4n) is 5.51. The molecule has 0 aromatic heterocycles. The average molecular weight is 488 g/mol. The zero-order valence-corrected chi connectivity index (χ0v) is 18.5. The summed E-state index contributed by atoms with van der Waals surface area (Å²) < 4.78 is 44.8. The van der Waals surface area contributed by atoms with Gasteiger partial charge in [0.05, 0.1) is 12.3 Å². The molecule has 1 saturated carbocycles. The van der Waals surface area contributed by atoms with Gasteiger partial charge < -0.3 is 20.1 Å². The third-order valence-corrected chi connectivity index (χ3v) is 7.16. The number of nitrogens with zero attached hydrogens (tertiary/aromatic N) is 1. The van der Waals surface area contributed by atoms with Crippen LogP contribution in [0.15, 0.2) is 48.5 Å². The normalized spacial score (nSPS) is 23.2. The Labute approximate surface area is 198 Å². The maximum atomic E-state index is 13.2. The van der Waals surface area contributed by atoms with Gasteiger partial charge in [0.25, 0.3) is 0 Å². The van der Waals surface area contributed by atoms with E-state index in [0.717, 1.165) is 22.3 Å². The minimum Gasteiger partial charge on any atom is -0.481 e. The van der Waals surface area contributed by atoms with E-state index in [2.05, 4.69) is 5.32 Å². The Balaban J connectivity index is 1.24. The third kappa shape index (κ3) is 4.44. The third-order valence-electron chi connectivity index (χ3n) is 7.16. The van der Waals surface area contributed by atoms with Crippen LogP contribution in [0.4, 0.5) is 18.0 Å². The standard InChI is InChI=1S/C25H23F3N2O5/c26-25(27,28)9-20(22(31)30-10-17-18(11-30)21(17)23(32)33)29-24(34)35-12-19-15-7-3-1-5-13(15)14-6-2-4-8-16(14)19/h1-8,17-21H,9-12H2,(H,29,34)(H,32,33). The Morgan fingerprint density at radius 2 is 1.54 bits per heavy atom. The molecule has 2 N–H and O–H groups in total. The number of nitrogens with one attached hydrogen (secondary N) is 1. The first-order valence-electron chi connectivity index (χ1n) is 11.3. The average Bonchev–Trinajstić information content (AvgIpc) is 3.17. The van der Waals surface area contributed by atoms with E-state index in [-0.39, 0.29) is 37.5 Å². The van der Waals surface area contributed by atoms with Gasteiger partial charge in [-0.1, -0.05) is 48.5 Å². The van der Waals surface area contributed by atoms with Crippen molar-refractivity contribution in [2.24, 2.45) is 17.8 Å². The molecule has 2 aromatic rings. The number of benzene rings is 2. The van der Waals surface area contributed by atoms with Crippen LogP contribution in [0, 0.1) is 17.8 Å². The second kappa shape index (κ2) is 8.58. The van der Waals surface area contributed by atoms with E-state index in [1.54, 1.807) is 0 Å². The van der Waals surface area contributed by atoms with Crippen LogP contribution in [0.3, 0.4) is 0 Å². The number of ether oxygens (including phenoxy) is 1. The highest BCUT2D eigenvalue weighted by atomic mass is 19.4. The number of rotatable bonds is 6. The van der Waals surface area contributed by atoms with Crippen molar-refractivity contribution in [2.75, 3.05) is 19.7 Å². The summed E-state index contributed by atoms with van der Waals surface area (Å²) in [5.41, 5.74) is 3.92. The van der Waals surface area contributed by atoms with Crippen LogP contribution in [-0.2, 0) is 14.3 Å². The molecule has 1 aliphatic heterocycles. The van der Waals surface area contributed by atoms with Gasteiger partial charge in [0.1, 0.15) is 12.6 Å². The first kappa shape index (κ1) is 23.2. The van der Waals surface area contributed by atoms with Crippen LogP contribution >= 0.6 is 0 Å². The van der Waals surface area contributed by atoms with Crippen molar-refractivity contribution < 1.29 is 37.4 Å². The molecule has 184 valence electrons. The highest BCUT2D eigenvalue weighted by Gasteiger charge is 2.61. The largest absolute Gasteiger partial charge is 0.481 e. The number of carbonyl (C=O) groups is 3. The fourth-order valence-corrected chi connectivity index (χ4v) is 5.51.